The van der Waals surface area contributed by atoms with Crippen LogP contribution in [0.4, 0.5) is 0 Å². The summed E-state index contributed by atoms with van der Waals surface area (Å²) in [7, 11) is 0. The zero-order valence-electron chi connectivity index (χ0n) is 33.3. The molecular weight excluding hydrogens is 733 g/mol. The Bertz CT molecular complexity index is 3250. The molecule has 4 saturated carbocycles. The number of nitrogens with zero attached hydrogens (tertiary/aromatic N) is 4. The summed E-state index contributed by atoms with van der Waals surface area (Å²) in [6.45, 7) is 0. The number of aromatic nitrogens is 4. The quantitative estimate of drug-likeness (QED) is 0.169. The van der Waals surface area contributed by atoms with Gasteiger partial charge in [0, 0.05) is 43.9 Å². The molecule has 14 rings (SSSR count). The fraction of sp³-hybridized carbons (Fsp3) is 0.182. The van der Waals surface area contributed by atoms with Gasteiger partial charge in [-0.2, -0.15) is 0 Å². The minimum absolute atomic E-state index is 0.334. The second kappa shape index (κ2) is 13.1. The normalized spacial score (nSPS) is 20.8. The highest BCUT2D eigenvalue weighted by atomic mass is 16.3. The van der Waals surface area contributed by atoms with Crippen molar-refractivity contribution in [2.24, 2.45) is 17.8 Å². The van der Waals surface area contributed by atoms with Crippen LogP contribution in [0, 0.1) is 17.8 Å². The highest BCUT2D eigenvalue weighted by Gasteiger charge is 2.51. The molecule has 4 bridgehead atoms. The van der Waals surface area contributed by atoms with Gasteiger partial charge >= 0.3 is 0 Å². The van der Waals surface area contributed by atoms with Crippen LogP contribution >= 0.6 is 0 Å². The fourth-order valence-corrected chi connectivity index (χ4v) is 11.9. The molecule has 0 unspecified atom stereocenters. The van der Waals surface area contributed by atoms with Crippen molar-refractivity contribution >= 4 is 43.7 Å². The highest BCUT2D eigenvalue weighted by Crippen LogP contribution is 2.60. The van der Waals surface area contributed by atoms with E-state index in [1.54, 1.807) is 0 Å². The van der Waals surface area contributed by atoms with Gasteiger partial charge < -0.3 is 8.98 Å². The first-order valence-corrected chi connectivity index (χ1v) is 21.6. The maximum atomic E-state index is 6.35. The van der Waals surface area contributed by atoms with Crippen LogP contribution < -0.4 is 0 Å². The van der Waals surface area contributed by atoms with E-state index in [1.165, 1.54) is 66.0 Å². The van der Waals surface area contributed by atoms with E-state index >= 15 is 0 Å². The largest absolute Gasteiger partial charge is 0.456 e. The number of hydrogen-bond acceptors (Lipinski definition) is 4. The molecule has 0 aliphatic heterocycles. The molecule has 5 nitrogen and oxygen atoms in total. The van der Waals surface area contributed by atoms with E-state index in [2.05, 4.69) is 156 Å². The SMILES string of the molecule is c1ccc(-c2ccc(-n3c4ccccc4c4ccc(-c5nc(-c6ccc(C78CC9CC(CC(C9)C7)C8)cc6)nc(-c6ccc7c(c6)oc6ccccc67)n5)cc43)cc2)cc1. The molecule has 10 aromatic rings. The van der Waals surface area contributed by atoms with E-state index in [1.807, 2.05) is 12.1 Å². The molecule has 0 N–H and O–H groups in total. The van der Waals surface area contributed by atoms with Gasteiger partial charge in [-0.05, 0) is 121 Å². The minimum atomic E-state index is 0.334. The van der Waals surface area contributed by atoms with Gasteiger partial charge in [-0.1, -0.05) is 121 Å². The molecule has 5 heteroatoms. The van der Waals surface area contributed by atoms with Crippen LogP contribution in [-0.2, 0) is 5.41 Å². The lowest BCUT2D eigenvalue weighted by molar-refractivity contribution is -0.00518. The van der Waals surface area contributed by atoms with Crippen LogP contribution in [0.5, 0.6) is 0 Å². The van der Waals surface area contributed by atoms with Crippen molar-refractivity contribution in [2.75, 3.05) is 0 Å². The van der Waals surface area contributed by atoms with E-state index in [9.17, 15) is 0 Å². The fourth-order valence-electron chi connectivity index (χ4n) is 11.9. The Morgan fingerprint density at radius 1 is 0.417 bits per heavy atom. The Labute approximate surface area is 348 Å². The Morgan fingerprint density at radius 2 is 0.933 bits per heavy atom. The molecule has 4 aliphatic rings. The Kier molecular flexibility index (Phi) is 7.42. The van der Waals surface area contributed by atoms with Crippen molar-refractivity contribution in [3.63, 3.8) is 0 Å². The number of fused-ring (bicyclic) bond motifs is 6. The van der Waals surface area contributed by atoms with Crippen molar-refractivity contribution in [3.8, 4) is 51.0 Å². The van der Waals surface area contributed by atoms with Crippen LogP contribution in [0.2, 0.25) is 0 Å². The third kappa shape index (κ3) is 5.41. The van der Waals surface area contributed by atoms with Crippen molar-refractivity contribution in [1.82, 2.24) is 19.5 Å². The van der Waals surface area contributed by atoms with Crippen LogP contribution in [0.3, 0.4) is 0 Å². The molecular formula is C55H42N4O. The smallest absolute Gasteiger partial charge is 0.164 e. The van der Waals surface area contributed by atoms with Crippen molar-refractivity contribution in [3.05, 3.63) is 169 Å². The van der Waals surface area contributed by atoms with Crippen LogP contribution in [-0.4, -0.2) is 19.5 Å². The van der Waals surface area contributed by atoms with Gasteiger partial charge in [-0.25, -0.2) is 15.0 Å². The predicted octanol–water partition coefficient (Wildman–Crippen LogP) is 14.0. The minimum Gasteiger partial charge on any atom is -0.456 e. The second-order valence-electron chi connectivity index (χ2n) is 17.9. The average molecular weight is 775 g/mol. The zero-order chi connectivity index (χ0) is 39.4. The maximum Gasteiger partial charge on any atom is 0.164 e. The summed E-state index contributed by atoms with van der Waals surface area (Å²) in [5, 5.41) is 4.58. The van der Waals surface area contributed by atoms with Crippen LogP contribution in [0.15, 0.2) is 168 Å². The lowest BCUT2D eigenvalue weighted by Crippen LogP contribution is -2.48. The molecule has 60 heavy (non-hydrogen) atoms. The first kappa shape index (κ1) is 34.1. The Balaban J connectivity index is 0.955. The lowest BCUT2D eigenvalue weighted by Gasteiger charge is -2.57. The van der Waals surface area contributed by atoms with Gasteiger partial charge in [-0.3, -0.25) is 0 Å². The molecule has 0 radical (unpaired) electrons. The molecule has 3 aromatic heterocycles. The number of para-hydroxylation sites is 2. The summed E-state index contributed by atoms with van der Waals surface area (Å²) in [4.78, 5) is 15.7. The van der Waals surface area contributed by atoms with Crippen molar-refractivity contribution < 1.29 is 4.42 Å². The monoisotopic (exact) mass is 774 g/mol. The first-order chi connectivity index (χ1) is 29.6. The van der Waals surface area contributed by atoms with Crippen molar-refractivity contribution in [2.45, 2.75) is 43.9 Å². The third-order valence-corrected chi connectivity index (χ3v) is 14.2. The molecule has 288 valence electrons. The molecule has 4 fully saturated rings. The first-order valence-electron chi connectivity index (χ1n) is 21.6. The lowest BCUT2D eigenvalue weighted by atomic mass is 9.48. The number of rotatable bonds is 6. The van der Waals surface area contributed by atoms with E-state index in [0.717, 1.165) is 73.1 Å². The molecule has 0 amide bonds. The summed E-state index contributed by atoms with van der Waals surface area (Å²) >= 11 is 0. The van der Waals surface area contributed by atoms with E-state index in [0.29, 0.717) is 22.9 Å². The Morgan fingerprint density at radius 3 is 1.65 bits per heavy atom. The van der Waals surface area contributed by atoms with Gasteiger partial charge in [0.25, 0.3) is 0 Å². The highest BCUT2D eigenvalue weighted by molar-refractivity contribution is 6.10. The number of furan rings is 1. The summed E-state index contributed by atoms with van der Waals surface area (Å²) in [5.74, 6) is 4.65. The second-order valence-corrected chi connectivity index (χ2v) is 17.9. The van der Waals surface area contributed by atoms with E-state index in [4.69, 9.17) is 19.4 Å². The van der Waals surface area contributed by atoms with Crippen LogP contribution in [0.25, 0.3) is 94.7 Å². The molecule has 0 spiro atoms. The van der Waals surface area contributed by atoms with Crippen LogP contribution in [0.1, 0.15) is 44.1 Å². The summed E-state index contributed by atoms with van der Waals surface area (Å²) in [6.07, 6.45) is 8.37. The molecule has 7 aromatic carbocycles. The summed E-state index contributed by atoms with van der Waals surface area (Å²) in [5.41, 5.74) is 12.1. The molecule has 4 aliphatic carbocycles. The summed E-state index contributed by atoms with van der Waals surface area (Å²) in [6, 6.07) is 58.6. The number of hydrogen-bond donors (Lipinski definition) is 0. The molecule has 3 heterocycles. The third-order valence-electron chi connectivity index (χ3n) is 14.2. The van der Waals surface area contributed by atoms with Gasteiger partial charge in [-0.15, -0.1) is 0 Å². The molecule has 0 atom stereocenters. The van der Waals surface area contributed by atoms with Gasteiger partial charge in [0.2, 0.25) is 0 Å². The zero-order valence-corrected chi connectivity index (χ0v) is 33.3. The van der Waals surface area contributed by atoms with E-state index < -0.39 is 0 Å². The average Bonchev–Trinajstić information content (AvgIpc) is 3.84. The van der Waals surface area contributed by atoms with Gasteiger partial charge in [0.05, 0.1) is 11.0 Å². The maximum absolute atomic E-state index is 6.35. The Hall–Kier alpha value is -6.85. The van der Waals surface area contributed by atoms with Gasteiger partial charge in [0.1, 0.15) is 11.2 Å². The van der Waals surface area contributed by atoms with Crippen molar-refractivity contribution in [1.29, 1.82) is 0 Å². The standard InChI is InChI=1S/C55H42N4O/c1-2-8-37(9-3-1)38-16-22-43(23-17-38)59-48-12-6-4-10-44(48)45-24-18-40(29-49(45)59)53-56-52(39-14-20-42(21-15-39)55-31-34-26-35(32-55)28-36(27-34)33-55)57-54(58-53)41-19-25-47-46-11-5-7-13-50(46)60-51(47)30-41/h1-25,29-30,34-36H,26-28,31-33H2. The molecule has 0 saturated heterocycles. The number of benzene rings is 7. The predicted molar refractivity (Wildman–Crippen MR) is 243 cm³/mol. The summed E-state index contributed by atoms with van der Waals surface area (Å²) < 4.78 is 8.71. The van der Waals surface area contributed by atoms with E-state index in [-0.39, 0.29) is 0 Å². The van der Waals surface area contributed by atoms with Gasteiger partial charge in [0.15, 0.2) is 17.5 Å². The topological polar surface area (TPSA) is 56.7 Å².